The number of pyridine rings is 1. The summed E-state index contributed by atoms with van der Waals surface area (Å²) in [5, 5.41) is 0. The van der Waals surface area contributed by atoms with Crippen LogP contribution in [0.1, 0.15) is 30.5 Å². The van der Waals surface area contributed by atoms with Crippen molar-refractivity contribution in [2.45, 2.75) is 26.2 Å². The van der Waals surface area contributed by atoms with Gasteiger partial charge in [-0.05, 0) is 37.1 Å². The lowest BCUT2D eigenvalue weighted by Gasteiger charge is -2.14. The Balaban J connectivity index is 2.60. The maximum Gasteiger partial charge on any atom is 0.314 e. The van der Waals surface area contributed by atoms with Crippen LogP contribution < -0.4 is 0 Å². The van der Waals surface area contributed by atoms with Crippen molar-refractivity contribution >= 4 is 11.5 Å². The molecule has 0 fully saturated rings. The van der Waals surface area contributed by atoms with Crippen LogP contribution in [0, 0.1) is 6.92 Å². The van der Waals surface area contributed by atoms with Gasteiger partial charge in [0.15, 0.2) is 0 Å². The van der Waals surface area contributed by atoms with Gasteiger partial charge in [0.2, 0.25) is 0 Å². The smallest absolute Gasteiger partial charge is 0.314 e. The maximum absolute atomic E-state index is 11.8. The topological polar surface area (TPSA) is 30.7 Å². The summed E-state index contributed by atoms with van der Waals surface area (Å²) >= 11 is 0. The predicted molar refractivity (Wildman–Crippen MR) is 67.2 cm³/mol. The number of ether oxygens (including phenoxy) is 1. The predicted octanol–water partition coefficient (Wildman–Crippen LogP) is 2.91. The number of aromatic nitrogens is 1. The molecule has 0 bridgehead atoms. The summed E-state index contributed by atoms with van der Waals surface area (Å²) in [5.74, 6) is -0.357. The minimum Gasteiger partial charge on any atom is -0.469 e. The number of nitrogens with zero attached hydrogens (tertiary/aromatic N) is 1. The van der Waals surface area contributed by atoms with E-state index in [0.717, 1.165) is 23.2 Å². The first-order valence-electron chi connectivity index (χ1n) is 5.83. The lowest BCUT2D eigenvalue weighted by molar-refractivity contribution is -0.142. The Kier molecular flexibility index (Phi) is 3.18. The first-order valence-corrected chi connectivity index (χ1v) is 5.83. The van der Waals surface area contributed by atoms with Crippen molar-refractivity contribution in [3.05, 3.63) is 41.7 Å². The summed E-state index contributed by atoms with van der Waals surface area (Å²) in [6, 6.07) is 8.11. The van der Waals surface area contributed by atoms with Crippen molar-refractivity contribution in [3.63, 3.8) is 0 Å². The maximum atomic E-state index is 11.8. The van der Waals surface area contributed by atoms with Crippen molar-refractivity contribution in [3.8, 4) is 0 Å². The fraction of sp³-hybridized carbons (Fsp3) is 0.357. The fourth-order valence-corrected chi connectivity index (χ4v) is 2.34. The lowest BCUT2D eigenvalue weighted by Crippen LogP contribution is -2.16. The van der Waals surface area contributed by atoms with Gasteiger partial charge in [-0.25, -0.2) is 0 Å². The standard InChI is InChI=1S/C14H17NO2/c1-4-12(14(16)17-3)13-10(2)9-11-7-5-6-8-15(11)13/h5-9,12H,4H2,1-3H3. The molecule has 2 rings (SSSR count). The molecule has 1 atom stereocenters. The molecule has 3 heteroatoms. The second kappa shape index (κ2) is 4.62. The number of carbonyl (C=O) groups is 1. The third-order valence-electron chi connectivity index (χ3n) is 3.14. The van der Waals surface area contributed by atoms with Crippen LogP contribution in [-0.2, 0) is 9.53 Å². The van der Waals surface area contributed by atoms with Crippen molar-refractivity contribution in [2.75, 3.05) is 7.11 Å². The van der Waals surface area contributed by atoms with Crippen molar-refractivity contribution < 1.29 is 9.53 Å². The molecule has 0 saturated heterocycles. The first kappa shape index (κ1) is 11.7. The lowest BCUT2D eigenvalue weighted by atomic mass is 10.00. The summed E-state index contributed by atoms with van der Waals surface area (Å²) in [4.78, 5) is 11.8. The van der Waals surface area contributed by atoms with Gasteiger partial charge in [0, 0.05) is 17.4 Å². The van der Waals surface area contributed by atoms with Gasteiger partial charge >= 0.3 is 5.97 Å². The third kappa shape index (κ3) is 1.93. The number of aryl methyl sites for hydroxylation is 1. The molecule has 2 heterocycles. The van der Waals surface area contributed by atoms with E-state index in [-0.39, 0.29) is 11.9 Å². The zero-order chi connectivity index (χ0) is 12.4. The van der Waals surface area contributed by atoms with Crippen LogP contribution in [0.5, 0.6) is 0 Å². The second-order valence-electron chi connectivity index (χ2n) is 4.19. The number of rotatable bonds is 3. The zero-order valence-electron chi connectivity index (χ0n) is 10.4. The molecular weight excluding hydrogens is 214 g/mol. The molecule has 17 heavy (non-hydrogen) atoms. The molecule has 2 aromatic heterocycles. The van der Waals surface area contributed by atoms with Gasteiger partial charge in [-0.15, -0.1) is 0 Å². The molecule has 90 valence electrons. The molecule has 0 aliphatic rings. The summed E-state index contributed by atoms with van der Waals surface area (Å²) in [6.45, 7) is 4.04. The van der Waals surface area contributed by atoms with Crippen LogP contribution in [0.15, 0.2) is 30.5 Å². The van der Waals surface area contributed by atoms with Crippen LogP contribution in [0.2, 0.25) is 0 Å². The minimum absolute atomic E-state index is 0.167. The SMILES string of the molecule is CCC(C(=O)OC)c1c(C)cc2ccccn12. The summed E-state index contributed by atoms with van der Waals surface area (Å²) < 4.78 is 6.95. The Morgan fingerprint density at radius 2 is 2.24 bits per heavy atom. The number of fused-ring (bicyclic) bond motifs is 1. The normalized spacial score (nSPS) is 12.6. The van der Waals surface area contributed by atoms with E-state index >= 15 is 0 Å². The zero-order valence-corrected chi connectivity index (χ0v) is 10.4. The monoisotopic (exact) mass is 231 g/mol. The van der Waals surface area contributed by atoms with E-state index < -0.39 is 0 Å². The molecule has 3 nitrogen and oxygen atoms in total. The minimum atomic E-state index is -0.190. The van der Waals surface area contributed by atoms with Gasteiger partial charge < -0.3 is 9.14 Å². The largest absolute Gasteiger partial charge is 0.469 e. The summed E-state index contributed by atoms with van der Waals surface area (Å²) in [5.41, 5.74) is 3.28. The molecule has 0 aliphatic carbocycles. The van der Waals surface area contributed by atoms with Gasteiger partial charge in [0.25, 0.3) is 0 Å². The molecule has 0 aromatic carbocycles. The number of hydrogen-bond donors (Lipinski definition) is 0. The van der Waals surface area contributed by atoms with E-state index in [1.54, 1.807) is 0 Å². The quantitative estimate of drug-likeness (QED) is 0.760. The van der Waals surface area contributed by atoms with Gasteiger partial charge in [-0.2, -0.15) is 0 Å². The van der Waals surface area contributed by atoms with E-state index in [1.165, 1.54) is 7.11 Å². The number of carbonyl (C=O) groups excluding carboxylic acids is 1. The van der Waals surface area contributed by atoms with Gasteiger partial charge in [-0.3, -0.25) is 4.79 Å². The van der Waals surface area contributed by atoms with E-state index in [2.05, 4.69) is 10.5 Å². The molecule has 0 N–H and O–H groups in total. The van der Waals surface area contributed by atoms with Gasteiger partial charge in [-0.1, -0.05) is 13.0 Å². The van der Waals surface area contributed by atoms with Crippen molar-refractivity contribution in [2.24, 2.45) is 0 Å². The Labute approximate surface area is 101 Å². The first-order chi connectivity index (χ1) is 8.19. The highest BCUT2D eigenvalue weighted by atomic mass is 16.5. The molecule has 0 amide bonds. The van der Waals surface area contributed by atoms with E-state index in [1.807, 2.05) is 38.2 Å². The van der Waals surface area contributed by atoms with Crippen molar-refractivity contribution in [1.29, 1.82) is 0 Å². The van der Waals surface area contributed by atoms with Crippen molar-refractivity contribution in [1.82, 2.24) is 4.40 Å². The molecule has 0 spiro atoms. The Morgan fingerprint density at radius 3 is 2.88 bits per heavy atom. The highest BCUT2D eigenvalue weighted by Crippen LogP contribution is 2.27. The van der Waals surface area contributed by atoms with E-state index in [9.17, 15) is 4.79 Å². The van der Waals surface area contributed by atoms with E-state index in [4.69, 9.17) is 4.74 Å². The van der Waals surface area contributed by atoms with Crippen LogP contribution in [0.25, 0.3) is 5.52 Å². The highest BCUT2D eigenvalue weighted by Gasteiger charge is 2.24. The van der Waals surface area contributed by atoms with Crippen LogP contribution >= 0.6 is 0 Å². The number of hydrogen-bond acceptors (Lipinski definition) is 2. The molecule has 1 unspecified atom stereocenters. The molecule has 2 aromatic rings. The fourth-order valence-electron chi connectivity index (χ4n) is 2.34. The highest BCUT2D eigenvalue weighted by molar-refractivity contribution is 5.78. The Bertz CT molecular complexity index is 542. The van der Waals surface area contributed by atoms with Crippen LogP contribution in [-0.4, -0.2) is 17.5 Å². The molecule has 0 saturated carbocycles. The molecule has 0 radical (unpaired) electrons. The molecular formula is C14H17NO2. The number of methoxy groups -OCH3 is 1. The second-order valence-corrected chi connectivity index (χ2v) is 4.19. The van der Waals surface area contributed by atoms with Crippen LogP contribution in [0.3, 0.4) is 0 Å². The Morgan fingerprint density at radius 1 is 1.47 bits per heavy atom. The Hall–Kier alpha value is -1.77. The van der Waals surface area contributed by atoms with Gasteiger partial charge in [0.1, 0.15) is 0 Å². The third-order valence-corrected chi connectivity index (χ3v) is 3.14. The van der Waals surface area contributed by atoms with E-state index in [0.29, 0.717) is 0 Å². The van der Waals surface area contributed by atoms with Crippen LogP contribution in [0.4, 0.5) is 0 Å². The average molecular weight is 231 g/mol. The summed E-state index contributed by atoms with van der Waals surface area (Å²) in [6.07, 6.45) is 2.73. The molecule has 0 aliphatic heterocycles. The number of esters is 1. The average Bonchev–Trinajstić information content (AvgIpc) is 2.67. The van der Waals surface area contributed by atoms with Gasteiger partial charge in [0.05, 0.1) is 13.0 Å². The summed E-state index contributed by atoms with van der Waals surface area (Å²) in [7, 11) is 1.44.